The van der Waals surface area contributed by atoms with Crippen molar-refractivity contribution in [2.45, 2.75) is 20.3 Å². The highest BCUT2D eigenvalue weighted by molar-refractivity contribution is 5.95. The molecular weight excluding hydrogens is 188 g/mol. The van der Waals surface area contributed by atoms with E-state index in [-0.39, 0.29) is 22.6 Å². The minimum Gasteiger partial charge on any atom is -0.398 e. The first-order valence-electron chi connectivity index (χ1n) is 4.12. The molecule has 14 heavy (non-hydrogen) atoms. The van der Waals surface area contributed by atoms with Gasteiger partial charge in [-0.1, -0.05) is 0 Å². The lowest BCUT2D eigenvalue weighted by Crippen LogP contribution is -2.01. The van der Waals surface area contributed by atoms with Gasteiger partial charge in [0.25, 0.3) is 6.43 Å². The van der Waals surface area contributed by atoms with E-state index < -0.39 is 6.43 Å². The lowest BCUT2D eigenvalue weighted by atomic mass is 10.0. The van der Waals surface area contributed by atoms with Crippen LogP contribution in [-0.4, -0.2) is 5.78 Å². The van der Waals surface area contributed by atoms with Crippen molar-refractivity contribution in [3.8, 4) is 0 Å². The Hall–Kier alpha value is -1.45. The summed E-state index contributed by atoms with van der Waals surface area (Å²) >= 11 is 0. The third kappa shape index (κ3) is 1.89. The number of anilines is 1. The first-order chi connectivity index (χ1) is 6.43. The molecule has 76 valence electrons. The lowest BCUT2D eigenvalue weighted by molar-refractivity contribution is 0.101. The summed E-state index contributed by atoms with van der Waals surface area (Å²) in [5, 5.41) is 0. The fourth-order valence-electron chi connectivity index (χ4n) is 1.19. The van der Waals surface area contributed by atoms with E-state index in [0.29, 0.717) is 5.56 Å². The van der Waals surface area contributed by atoms with Crippen LogP contribution in [0.3, 0.4) is 0 Å². The number of hydrogen-bond donors (Lipinski definition) is 1. The van der Waals surface area contributed by atoms with Crippen LogP contribution in [0.4, 0.5) is 14.5 Å². The fourth-order valence-corrected chi connectivity index (χ4v) is 1.19. The quantitative estimate of drug-likeness (QED) is 0.587. The minimum absolute atomic E-state index is 0.171. The van der Waals surface area contributed by atoms with Gasteiger partial charge in [0.2, 0.25) is 0 Å². The third-order valence-corrected chi connectivity index (χ3v) is 2.13. The predicted octanol–water partition coefficient (Wildman–Crippen LogP) is 2.72. The molecule has 0 aliphatic rings. The van der Waals surface area contributed by atoms with E-state index >= 15 is 0 Å². The van der Waals surface area contributed by atoms with Crippen molar-refractivity contribution >= 4 is 11.5 Å². The number of halogens is 2. The van der Waals surface area contributed by atoms with Crippen LogP contribution >= 0.6 is 0 Å². The zero-order chi connectivity index (χ0) is 10.9. The number of benzene rings is 1. The molecule has 0 aliphatic heterocycles. The van der Waals surface area contributed by atoms with Crippen molar-refractivity contribution in [1.29, 1.82) is 0 Å². The third-order valence-electron chi connectivity index (χ3n) is 2.13. The fraction of sp³-hybridized carbons (Fsp3) is 0.300. The molecule has 0 saturated carbocycles. The van der Waals surface area contributed by atoms with E-state index in [2.05, 4.69) is 0 Å². The Morgan fingerprint density at radius 2 is 2.00 bits per heavy atom. The van der Waals surface area contributed by atoms with Crippen molar-refractivity contribution in [2.24, 2.45) is 0 Å². The number of Topliss-reactive ketones (excluding diaryl/α,β-unsaturated/α-hetero) is 1. The number of ketones is 1. The Bertz CT molecular complexity index is 375. The Labute approximate surface area is 80.7 Å². The monoisotopic (exact) mass is 199 g/mol. The van der Waals surface area contributed by atoms with Gasteiger partial charge in [-0.2, -0.15) is 0 Å². The number of nitrogen functional groups attached to an aromatic ring is 1. The average Bonchev–Trinajstić information content (AvgIpc) is 2.08. The molecule has 0 fully saturated rings. The number of carbonyl (C=O) groups is 1. The summed E-state index contributed by atoms with van der Waals surface area (Å²) in [7, 11) is 0. The summed E-state index contributed by atoms with van der Waals surface area (Å²) in [6.45, 7) is 2.83. The molecule has 2 N–H and O–H groups in total. The summed E-state index contributed by atoms with van der Waals surface area (Å²) in [5.74, 6) is -0.265. The van der Waals surface area contributed by atoms with Crippen molar-refractivity contribution in [1.82, 2.24) is 0 Å². The molecule has 1 rings (SSSR count). The second kappa shape index (κ2) is 3.74. The highest BCUT2D eigenvalue weighted by Crippen LogP contribution is 2.27. The van der Waals surface area contributed by atoms with Crippen molar-refractivity contribution in [3.63, 3.8) is 0 Å². The molecule has 0 aliphatic carbocycles. The second-order valence-corrected chi connectivity index (χ2v) is 3.14. The van der Waals surface area contributed by atoms with Crippen molar-refractivity contribution in [3.05, 3.63) is 28.8 Å². The molecule has 0 bridgehead atoms. The van der Waals surface area contributed by atoms with Crippen LogP contribution in [-0.2, 0) is 0 Å². The van der Waals surface area contributed by atoms with Crippen LogP contribution in [0.25, 0.3) is 0 Å². The molecule has 0 spiro atoms. The molecule has 2 nitrogen and oxygen atoms in total. The number of carbonyl (C=O) groups excluding carboxylic acids is 1. The lowest BCUT2D eigenvalue weighted by Gasteiger charge is -2.09. The summed E-state index contributed by atoms with van der Waals surface area (Å²) in [6.07, 6.45) is -2.60. The number of alkyl halides is 2. The predicted molar refractivity (Wildman–Crippen MR) is 50.6 cm³/mol. The van der Waals surface area contributed by atoms with Gasteiger partial charge in [-0.25, -0.2) is 8.78 Å². The van der Waals surface area contributed by atoms with Gasteiger partial charge in [0, 0.05) is 16.8 Å². The standard InChI is InChI=1S/C10H11F2NO/c1-5-8(10(11)12)3-7(6(2)14)4-9(5)13/h3-4,10H,13H2,1-2H3. The summed E-state index contributed by atoms with van der Waals surface area (Å²) in [5.41, 5.74) is 6.13. The zero-order valence-electron chi connectivity index (χ0n) is 7.97. The highest BCUT2D eigenvalue weighted by Gasteiger charge is 2.15. The second-order valence-electron chi connectivity index (χ2n) is 3.14. The molecule has 1 aromatic rings. The molecule has 0 saturated heterocycles. The maximum absolute atomic E-state index is 12.5. The first-order valence-corrected chi connectivity index (χ1v) is 4.12. The van der Waals surface area contributed by atoms with Crippen LogP contribution in [0.1, 0.15) is 34.8 Å². The van der Waals surface area contributed by atoms with E-state index in [1.807, 2.05) is 0 Å². The average molecular weight is 199 g/mol. The molecule has 0 aromatic heterocycles. The van der Waals surface area contributed by atoms with Crippen LogP contribution in [0.2, 0.25) is 0 Å². The van der Waals surface area contributed by atoms with Gasteiger partial charge in [-0.3, -0.25) is 4.79 Å². The molecule has 0 unspecified atom stereocenters. The summed E-state index contributed by atoms with van der Waals surface area (Å²) in [6, 6.07) is 2.61. The van der Waals surface area contributed by atoms with E-state index in [4.69, 9.17) is 5.73 Å². The van der Waals surface area contributed by atoms with Crippen LogP contribution in [0.15, 0.2) is 12.1 Å². The molecule has 0 amide bonds. The first kappa shape index (κ1) is 10.6. The Balaban J connectivity index is 3.35. The topological polar surface area (TPSA) is 43.1 Å². The van der Waals surface area contributed by atoms with E-state index in [0.717, 1.165) is 0 Å². The largest absolute Gasteiger partial charge is 0.398 e. The van der Waals surface area contributed by atoms with E-state index in [1.165, 1.54) is 26.0 Å². The van der Waals surface area contributed by atoms with Gasteiger partial charge in [0.1, 0.15) is 0 Å². The zero-order valence-corrected chi connectivity index (χ0v) is 7.97. The van der Waals surface area contributed by atoms with Crippen LogP contribution < -0.4 is 5.73 Å². The van der Waals surface area contributed by atoms with Gasteiger partial charge in [-0.05, 0) is 31.5 Å². The molecular formula is C10H11F2NO. The Morgan fingerprint density at radius 3 is 2.43 bits per heavy atom. The van der Waals surface area contributed by atoms with Gasteiger partial charge in [0.05, 0.1) is 0 Å². The minimum atomic E-state index is -2.60. The summed E-state index contributed by atoms with van der Waals surface area (Å²) in [4.78, 5) is 11.0. The maximum atomic E-state index is 12.5. The summed E-state index contributed by atoms with van der Waals surface area (Å²) < 4.78 is 25.0. The van der Waals surface area contributed by atoms with Crippen LogP contribution in [0.5, 0.6) is 0 Å². The molecule has 0 heterocycles. The van der Waals surface area contributed by atoms with E-state index in [1.54, 1.807) is 0 Å². The van der Waals surface area contributed by atoms with Gasteiger partial charge in [-0.15, -0.1) is 0 Å². The van der Waals surface area contributed by atoms with Crippen molar-refractivity contribution < 1.29 is 13.6 Å². The Kier molecular flexibility index (Phi) is 2.84. The van der Waals surface area contributed by atoms with E-state index in [9.17, 15) is 13.6 Å². The number of hydrogen-bond acceptors (Lipinski definition) is 2. The SMILES string of the molecule is CC(=O)c1cc(N)c(C)c(C(F)F)c1. The van der Waals surface area contributed by atoms with Gasteiger partial charge >= 0.3 is 0 Å². The van der Waals surface area contributed by atoms with Crippen LogP contribution in [0, 0.1) is 6.92 Å². The highest BCUT2D eigenvalue weighted by atomic mass is 19.3. The molecule has 0 atom stereocenters. The smallest absolute Gasteiger partial charge is 0.264 e. The molecule has 0 radical (unpaired) electrons. The van der Waals surface area contributed by atoms with Gasteiger partial charge in [0.15, 0.2) is 5.78 Å². The normalized spacial score (nSPS) is 10.6. The van der Waals surface area contributed by atoms with Crippen molar-refractivity contribution in [2.75, 3.05) is 5.73 Å². The maximum Gasteiger partial charge on any atom is 0.264 e. The number of nitrogens with two attached hydrogens (primary N) is 1. The molecule has 4 heteroatoms. The molecule has 1 aromatic carbocycles. The number of rotatable bonds is 2. The Morgan fingerprint density at radius 1 is 1.43 bits per heavy atom. The van der Waals surface area contributed by atoms with Gasteiger partial charge < -0.3 is 5.73 Å².